The van der Waals surface area contributed by atoms with Gasteiger partial charge in [-0.1, -0.05) is 0 Å². The van der Waals surface area contributed by atoms with Crippen LogP contribution in [0.5, 0.6) is 0 Å². The Morgan fingerprint density at radius 3 is 2.18 bits per heavy atom. The van der Waals surface area contributed by atoms with Crippen molar-refractivity contribution in [3.05, 3.63) is 0 Å². The molecule has 0 bridgehead atoms. The number of alkyl halides is 6. The molecule has 17 heavy (non-hydrogen) atoms. The minimum atomic E-state index is -4.77. The fraction of sp³-hybridized carbons (Fsp3) is 0.889. The Hall–Kier alpha value is -0.950. The fourth-order valence-electron chi connectivity index (χ4n) is 1.58. The third kappa shape index (κ3) is 3.50. The summed E-state index contributed by atoms with van der Waals surface area (Å²) in [5, 5.41) is 0. The van der Waals surface area contributed by atoms with Crippen LogP contribution in [0.1, 0.15) is 13.3 Å². The molecular weight excluding hydrogens is 252 g/mol. The molecule has 0 radical (unpaired) electrons. The van der Waals surface area contributed by atoms with E-state index in [1.54, 1.807) is 0 Å². The van der Waals surface area contributed by atoms with Crippen LogP contribution in [0.3, 0.4) is 0 Å². The number of halogens is 6. The van der Waals surface area contributed by atoms with Crippen LogP contribution < -0.4 is 0 Å². The molecule has 0 saturated heterocycles. The summed E-state index contributed by atoms with van der Waals surface area (Å²) in [6.07, 6.45) is -10.5. The van der Waals surface area contributed by atoms with E-state index in [1.807, 2.05) is 0 Å². The number of rotatable bonds is 1. The van der Waals surface area contributed by atoms with Crippen LogP contribution in [-0.2, 0) is 4.74 Å². The fourth-order valence-corrected chi connectivity index (χ4v) is 1.58. The molecule has 0 amide bonds. The third-order valence-electron chi connectivity index (χ3n) is 2.44. The Kier molecular flexibility index (Phi) is 3.93. The van der Waals surface area contributed by atoms with Gasteiger partial charge in [0.05, 0.1) is 19.1 Å². The summed E-state index contributed by atoms with van der Waals surface area (Å²) in [5.74, 6) is -4.96. The zero-order valence-corrected chi connectivity index (χ0v) is 8.90. The standard InChI is InChI=1S/C9H11F6NO/c1-2-17-7-6(9(13,14)15)3-5(4-16-7)8(10,11)12/h5-6H,2-4H2,1H3. The second kappa shape index (κ2) is 4.73. The first-order chi connectivity index (χ1) is 7.66. The summed E-state index contributed by atoms with van der Waals surface area (Å²) < 4.78 is 79.3. The lowest BCUT2D eigenvalue weighted by Gasteiger charge is -2.30. The van der Waals surface area contributed by atoms with Crippen molar-refractivity contribution in [2.45, 2.75) is 25.7 Å². The van der Waals surface area contributed by atoms with Crippen LogP contribution in [0.2, 0.25) is 0 Å². The Balaban J connectivity index is 2.90. The quantitative estimate of drug-likeness (QED) is 0.666. The maximum Gasteiger partial charge on any atom is 0.400 e. The minimum absolute atomic E-state index is 0.0535. The van der Waals surface area contributed by atoms with Gasteiger partial charge in [-0.25, -0.2) is 0 Å². The van der Waals surface area contributed by atoms with E-state index >= 15 is 0 Å². The molecule has 1 aliphatic heterocycles. The number of nitrogens with zero attached hydrogens (tertiary/aromatic N) is 1. The Bertz CT molecular complexity index is 295. The van der Waals surface area contributed by atoms with Gasteiger partial charge in [0, 0.05) is 0 Å². The van der Waals surface area contributed by atoms with Gasteiger partial charge in [0.2, 0.25) is 0 Å². The second-order valence-electron chi connectivity index (χ2n) is 3.68. The normalized spacial score (nSPS) is 26.6. The highest BCUT2D eigenvalue weighted by Crippen LogP contribution is 2.41. The summed E-state index contributed by atoms with van der Waals surface area (Å²) in [4.78, 5) is 3.27. The third-order valence-corrected chi connectivity index (χ3v) is 2.44. The van der Waals surface area contributed by atoms with Gasteiger partial charge in [-0.15, -0.1) is 0 Å². The van der Waals surface area contributed by atoms with E-state index in [0.717, 1.165) is 0 Å². The molecule has 8 heteroatoms. The smallest absolute Gasteiger partial charge is 0.400 e. The first-order valence-electron chi connectivity index (χ1n) is 4.96. The molecule has 0 aliphatic carbocycles. The topological polar surface area (TPSA) is 21.6 Å². The zero-order chi connectivity index (χ0) is 13.3. The molecule has 1 heterocycles. The lowest BCUT2D eigenvalue weighted by molar-refractivity contribution is -0.201. The molecule has 0 fully saturated rings. The van der Waals surface area contributed by atoms with Gasteiger partial charge in [0.25, 0.3) is 0 Å². The van der Waals surface area contributed by atoms with Crippen LogP contribution >= 0.6 is 0 Å². The molecule has 0 aromatic rings. The number of hydrogen-bond acceptors (Lipinski definition) is 2. The predicted octanol–water partition coefficient (Wildman–Crippen LogP) is 3.18. The van der Waals surface area contributed by atoms with Gasteiger partial charge in [-0.3, -0.25) is 4.99 Å². The van der Waals surface area contributed by atoms with Crippen molar-refractivity contribution >= 4 is 5.90 Å². The molecule has 2 atom stereocenters. The summed E-state index contributed by atoms with van der Waals surface area (Å²) in [6, 6.07) is 0. The molecule has 2 unspecified atom stereocenters. The first-order valence-corrected chi connectivity index (χ1v) is 4.96. The molecule has 0 N–H and O–H groups in total. The Morgan fingerprint density at radius 2 is 1.76 bits per heavy atom. The second-order valence-corrected chi connectivity index (χ2v) is 3.68. The minimum Gasteiger partial charge on any atom is -0.481 e. The molecule has 1 rings (SSSR count). The first kappa shape index (κ1) is 14.1. The molecular formula is C9H11F6NO. The van der Waals surface area contributed by atoms with Crippen molar-refractivity contribution in [1.29, 1.82) is 0 Å². The van der Waals surface area contributed by atoms with Crippen molar-refractivity contribution < 1.29 is 31.1 Å². The Morgan fingerprint density at radius 1 is 1.18 bits per heavy atom. The van der Waals surface area contributed by atoms with E-state index in [1.165, 1.54) is 6.92 Å². The highest BCUT2D eigenvalue weighted by atomic mass is 19.4. The maximum absolute atomic E-state index is 12.5. The van der Waals surface area contributed by atoms with Crippen molar-refractivity contribution in [3.63, 3.8) is 0 Å². The molecule has 0 saturated carbocycles. The highest BCUT2D eigenvalue weighted by molar-refractivity contribution is 5.80. The SMILES string of the molecule is CCOC1=NCC(C(F)(F)F)CC1C(F)(F)F. The molecule has 0 spiro atoms. The van der Waals surface area contributed by atoms with E-state index < -0.39 is 43.1 Å². The van der Waals surface area contributed by atoms with E-state index in [2.05, 4.69) is 9.73 Å². The van der Waals surface area contributed by atoms with Crippen molar-refractivity contribution in [3.8, 4) is 0 Å². The maximum atomic E-state index is 12.5. The van der Waals surface area contributed by atoms with Crippen LogP contribution in [0.4, 0.5) is 26.3 Å². The lowest BCUT2D eigenvalue weighted by atomic mass is 9.90. The van der Waals surface area contributed by atoms with Gasteiger partial charge < -0.3 is 4.74 Å². The summed E-state index contributed by atoms with van der Waals surface area (Å²) in [7, 11) is 0. The Labute approximate surface area is 93.7 Å². The molecule has 0 aromatic heterocycles. The molecule has 2 nitrogen and oxygen atoms in total. The highest BCUT2D eigenvalue weighted by Gasteiger charge is 2.52. The van der Waals surface area contributed by atoms with Crippen LogP contribution in [-0.4, -0.2) is 31.4 Å². The monoisotopic (exact) mass is 263 g/mol. The average Bonchev–Trinajstić information content (AvgIpc) is 2.15. The van der Waals surface area contributed by atoms with Crippen LogP contribution in [0, 0.1) is 11.8 Å². The van der Waals surface area contributed by atoms with Crippen LogP contribution in [0.15, 0.2) is 4.99 Å². The summed E-state index contributed by atoms with van der Waals surface area (Å²) in [5.41, 5.74) is 0. The largest absolute Gasteiger partial charge is 0.481 e. The van der Waals surface area contributed by atoms with Gasteiger partial charge in [0.15, 0.2) is 5.90 Å². The van der Waals surface area contributed by atoms with Gasteiger partial charge in [-0.05, 0) is 13.3 Å². The van der Waals surface area contributed by atoms with E-state index in [9.17, 15) is 26.3 Å². The predicted molar refractivity (Wildman–Crippen MR) is 47.6 cm³/mol. The average molecular weight is 263 g/mol. The summed E-state index contributed by atoms with van der Waals surface area (Å²) >= 11 is 0. The molecule has 100 valence electrons. The zero-order valence-electron chi connectivity index (χ0n) is 8.90. The summed E-state index contributed by atoms with van der Waals surface area (Å²) in [6.45, 7) is 0.694. The van der Waals surface area contributed by atoms with Crippen molar-refractivity contribution in [2.24, 2.45) is 16.8 Å². The van der Waals surface area contributed by atoms with E-state index in [4.69, 9.17) is 0 Å². The van der Waals surface area contributed by atoms with Crippen molar-refractivity contribution in [1.82, 2.24) is 0 Å². The number of hydrogen-bond donors (Lipinski definition) is 0. The molecule has 1 aliphatic rings. The van der Waals surface area contributed by atoms with Gasteiger partial charge in [-0.2, -0.15) is 26.3 Å². The van der Waals surface area contributed by atoms with E-state index in [-0.39, 0.29) is 6.61 Å². The number of ether oxygens (including phenoxy) is 1. The van der Waals surface area contributed by atoms with Crippen LogP contribution in [0.25, 0.3) is 0 Å². The van der Waals surface area contributed by atoms with Gasteiger partial charge >= 0.3 is 12.4 Å². The molecule has 0 aromatic carbocycles. The van der Waals surface area contributed by atoms with Crippen molar-refractivity contribution in [2.75, 3.05) is 13.2 Å². The van der Waals surface area contributed by atoms with E-state index in [0.29, 0.717) is 0 Å². The lowest BCUT2D eigenvalue weighted by Crippen LogP contribution is -2.42. The number of aliphatic imine (C=N–C) groups is 1. The van der Waals surface area contributed by atoms with Gasteiger partial charge in [0.1, 0.15) is 5.92 Å².